The Balaban J connectivity index is 1.81. The number of aromatic nitrogens is 2. The molecular formula is C13H13N3O. The van der Waals surface area contributed by atoms with Crippen LogP contribution in [0.2, 0.25) is 0 Å². The molecule has 1 heterocycles. The first-order valence-electron chi connectivity index (χ1n) is 5.44. The lowest BCUT2D eigenvalue weighted by atomic mass is 10.2. The summed E-state index contributed by atoms with van der Waals surface area (Å²) in [4.78, 5) is 0. The van der Waals surface area contributed by atoms with E-state index in [0.717, 1.165) is 17.9 Å². The van der Waals surface area contributed by atoms with Crippen molar-refractivity contribution in [1.82, 2.24) is 9.78 Å². The van der Waals surface area contributed by atoms with Crippen LogP contribution in [0, 0.1) is 11.3 Å². The van der Waals surface area contributed by atoms with Crippen molar-refractivity contribution in [1.29, 1.82) is 5.26 Å². The molecule has 0 aliphatic carbocycles. The zero-order valence-electron chi connectivity index (χ0n) is 9.41. The molecule has 0 spiro atoms. The molecule has 1 aromatic heterocycles. The summed E-state index contributed by atoms with van der Waals surface area (Å²) in [5.74, 6) is 0.818. The fourth-order valence-corrected chi connectivity index (χ4v) is 1.48. The van der Waals surface area contributed by atoms with Crippen molar-refractivity contribution in [3.63, 3.8) is 0 Å². The van der Waals surface area contributed by atoms with Gasteiger partial charge in [0.25, 0.3) is 0 Å². The highest BCUT2D eigenvalue weighted by molar-refractivity contribution is 5.28. The number of hydrogen-bond donors (Lipinski definition) is 0. The summed E-state index contributed by atoms with van der Waals surface area (Å²) in [5, 5.41) is 12.6. The van der Waals surface area contributed by atoms with E-state index in [1.165, 1.54) is 0 Å². The van der Waals surface area contributed by atoms with E-state index in [1.54, 1.807) is 6.20 Å². The minimum atomic E-state index is 0.438. The van der Waals surface area contributed by atoms with Gasteiger partial charge < -0.3 is 4.74 Å². The fraction of sp³-hybridized carbons (Fsp3) is 0.231. The number of ether oxygens (including phenoxy) is 1. The summed E-state index contributed by atoms with van der Waals surface area (Å²) in [5.41, 5.74) is 1.01. The van der Waals surface area contributed by atoms with Crippen LogP contribution in [0.15, 0.2) is 42.7 Å². The minimum Gasteiger partial charge on any atom is -0.492 e. The Morgan fingerprint density at radius 2 is 2.12 bits per heavy atom. The summed E-state index contributed by atoms with van der Waals surface area (Å²) in [6, 6.07) is 11.6. The predicted octanol–water partition coefficient (Wildman–Crippen LogP) is 2.03. The SMILES string of the molecule is N#CCc1ccc(OCCn2cccn2)cc1. The average molecular weight is 227 g/mol. The molecule has 0 fully saturated rings. The molecule has 0 atom stereocenters. The first-order chi connectivity index (χ1) is 8.38. The molecule has 0 saturated carbocycles. The van der Waals surface area contributed by atoms with E-state index in [9.17, 15) is 0 Å². The largest absolute Gasteiger partial charge is 0.492 e. The van der Waals surface area contributed by atoms with E-state index in [4.69, 9.17) is 10.00 Å². The third kappa shape index (κ3) is 3.35. The molecule has 1 aromatic carbocycles. The normalized spacial score (nSPS) is 9.82. The highest BCUT2D eigenvalue weighted by Gasteiger charge is 1.96. The first kappa shape index (κ1) is 11.2. The van der Waals surface area contributed by atoms with Gasteiger partial charge in [-0.3, -0.25) is 4.68 Å². The number of nitriles is 1. The fourth-order valence-electron chi connectivity index (χ4n) is 1.48. The van der Waals surface area contributed by atoms with Crippen molar-refractivity contribution in [3.05, 3.63) is 48.3 Å². The number of nitrogens with zero attached hydrogens (tertiary/aromatic N) is 3. The lowest BCUT2D eigenvalue weighted by Gasteiger charge is -2.06. The van der Waals surface area contributed by atoms with Crippen molar-refractivity contribution in [2.24, 2.45) is 0 Å². The van der Waals surface area contributed by atoms with Gasteiger partial charge in [-0.15, -0.1) is 0 Å². The second-order valence-electron chi connectivity index (χ2n) is 3.60. The zero-order chi connectivity index (χ0) is 11.9. The topological polar surface area (TPSA) is 50.8 Å². The Morgan fingerprint density at radius 3 is 2.76 bits per heavy atom. The highest BCUT2D eigenvalue weighted by Crippen LogP contribution is 2.12. The van der Waals surface area contributed by atoms with Crippen molar-refractivity contribution in [2.45, 2.75) is 13.0 Å². The maximum Gasteiger partial charge on any atom is 0.119 e. The van der Waals surface area contributed by atoms with Crippen LogP contribution < -0.4 is 4.74 Å². The molecule has 0 aliphatic heterocycles. The van der Waals surface area contributed by atoms with E-state index in [0.29, 0.717) is 13.0 Å². The number of benzene rings is 1. The third-order valence-electron chi connectivity index (χ3n) is 2.35. The number of rotatable bonds is 5. The lowest BCUT2D eigenvalue weighted by Crippen LogP contribution is -2.08. The van der Waals surface area contributed by atoms with E-state index >= 15 is 0 Å². The third-order valence-corrected chi connectivity index (χ3v) is 2.35. The van der Waals surface area contributed by atoms with E-state index in [1.807, 2.05) is 41.2 Å². The maximum absolute atomic E-state index is 8.55. The van der Waals surface area contributed by atoms with Gasteiger partial charge in [0, 0.05) is 12.4 Å². The first-order valence-corrected chi connectivity index (χ1v) is 5.44. The molecule has 86 valence electrons. The van der Waals surface area contributed by atoms with Gasteiger partial charge in [-0.05, 0) is 23.8 Å². The molecular weight excluding hydrogens is 214 g/mol. The average Bonchev–Trinajstić information content (AvgIpc) is 2.85. The molecule has 0 unspecified atom stereocenters. The van der Waals surface area contributed by atoms with Crippen molar-refractivity contribution in [3.8, 4) is 11.8 Å². The summed E-state index contributed by atoms with van der Waals surface area (Å²) in [7, 11) is 0. The van der Waals surface area contributed by atoms with E-state index < -0.39 is 0 Å². The number of hydrogen-bond acceptors (Lipinski definition) is 3. The quantitative estimate of drug-likeness (QED) is 0.785. The summed E-state index contributed by atoms with van der Waals surface area (Å²) in [6.07, 6.45) is 4.09. The molecule has 0 N–H and O–H groups in total. The van der Waals surface area contributed by atoms with Crippen molar-refractivity contribution in [2.75, 3.05) is 6.61 Å². The molecule has 2 rings (SSSR count). The van der Waals surface area contributed by atoms with E-state index in [-0.39, 0.29) is 0 Å². The Bertz CT molecular complexity index is 482. The standard InChI is InChI=1S/C13H13N3O/c14-7-6-12-2-4-13(5-3-12)17-11-10-16-9-1-8-15-16/h1-5,8-9H,6,10-11H2. The highest BCUT2D eigenvalue weighted by atomic mass is 16.5. The van der Waals surface area contributed by atoms with Crippen molar-refractivity contribution < 1.29 is 4.74 Å². The molecule has 0 amide bonds. The summed E-state index contributed by atoms with van der Waals surface area (Å²) < 4.78 is 7.39. The second kappa shape index (κ2) is 5.71. The van der Waals surface area contributed by atoms with Gasteiger partial charge in [0.15, 0.2) is 0 Å². The van der Waals surface area contributed by atoms with Crippen LogP contribution in [0.1, 0.15) is 5.56 Å². The van der Waals surface area contributed by atoms with E-state index in [2.05, 4.69) is 11.2 Å². The molecule has 4 heteroatoms. The van der Waals surface area contributed by atoms with Gasteiger partial charge in [0.1, 0.15) is 12.4 Å². The van der Waals surface area contributed by atoms with Crippen LogP contribution in [0.4, 0.5) is 0 Å². The smallest absolute Gasteiger partial charge is 0.119 e. The Labute approximate surface area is 100 Å². The molecule has 0 radical (unpaired) electrons. The van der Waals surface area contributed by atoms with Gasteiger partial charge in [-0.2, -0.15) is 10.4 Å². The Kier molecular flexibility index (Phi) is 3.77. The molecule has 17 heavy (non-hydrogen) atoms. The predicted molar refractivity (Wildman–Crippen MR) is 63.5 cm³/mol. The Hall–Kier alpha value is -2.28. The van der Waals surface area contributed by atoms with Gasteiger partial charge in [0.2, 0.25) is 0 Å². The molecule has 0 saturated heterocycles. The lowest BCUT2D eigenvalue weighted by molar-refractivity contribution is 0.291. The van der Waals surface area contributed by atoms with Crippen LogP contribution in [-0.4, -0.2) is 16.4 Å². The minimum absolute atomic E-state index is 0.438. The molecule has 2 aromatic rings. The van der Waals surface area contributed by atoms with Crippen LogP contribution in [-0.2, 0) is 13.0 Å². The summed E-state index contributed by atoms with van der Waals surface area (Å²) in [6.45, 7) is 1.31. The molecule has 0 aliphatic rings. The van der Waals surface area contributed by atoms with Gasteiger partial charge in [-0.25, -0.2) is 0 Å². The monoisotopic (exact) mass is 227 g/mol. The second-order valence-corrected chi connectivity index (χ2v) is 3.60. The van der Waals surface area contributed by atoms with Crippen LogP contribution >= 0.6 is 0 Å². The zero-order valence-corrected chi connectivity index (χ0v) is 9.41. The summed E-state index contributed by atoms with van der Waals surface area (Å²) >= 11 is 0. The van der Waals surface area contributed by atoms with Gasteiger partial charge in [-0.1, -0.05) is 12.1 Å². The van der Waals surface area contributed by atoms with Crippen LogP contribution in [0.3, 0.4) is 0 Å². The van der Waals surface area contributed by atoms with Gasteiger partial charge >= 0.3 is 0 Å². The maximum atomic E-state index is 8.55. The van der Waals surface area contributed by atoms with Gasteiger partial charge in [0.05, 0.1) is 19.0 Å². The Morgan fingerprint density at radius 1 is 1.29 bits per heavy atom. The molecule has 4 nitrogen and oxygen atoms in total. The van der Waals surface area contributed by atoms with Crippen molar-refractivity contribution >= 4 is 0 Å². The van der Waals surface area contributed by atoms with Crippen LogP contribution in [0.5, 0.6) is 5.75 Å². The molecule has 0 bridgehead atoms. The van der Waals surface area contributed by atoms with Crippen LogP contribution in [0.25, 0.3) is 0 Å².